The summed E-state index contributed by atoms with van der Waals surface area (Å²) in [5.41, 5.74) is 1.27. The average molecular weight is 402 g/mol. The minimum absolute atomic E-state index is 0.0357. The second-order valence-corrected chi connectivity index (χ2v) is 6.53. The first-order valence-corrected chi connectivity index (χ1v) is 8.92. The first-order valence-electron chi connectivity index (χ1n) is 8.92. The summed E-state index contributed by atoms with van der Waals surface area (Å²) in [6.45, 7) is 6.00. The predicted molar refractivity (Wildman–Crippen MR) is 104 cm³/mol. The molecule has 0 radical (unpaired) electrons. The number of ether oxygens (including phenoxy) is 2. The molecular weight excluding hydrogens is 380 g/mol. The Morgan fingerprint density at radius 1 is 1.10 bits per heavy atom. The summed E-state index contributed by atoms with van der Waals surface area (Å²) in [4.78, 5) is 40.2. The van der Waals surface area contributed by atoms with E-state index in [1.54, 1.807) is 27.7 Å². The molecule has 9 heteroatoms. The SMILES string of the molecule is Cc1nc(C)c(C(=O)OC(C)C)c(-c2ccc([N+](=O)[O-])cc2)c1C(=O)OCCO. The summed E-state index contributed by atoms with van der Waals surface area (Å²) >= 11 is 0. The number of hydrogen-bond acceptors (Lipinski definition) is 8. The minimum Gasteiger partial charge on any atom is -0.460 e. The van der Waals surface area contributed by atoms with Crippen molar-refractivity contribution in [1.29, 1.82) is 0 Å². The number of non-ortho nitro benzene ring substituents is 1. The van der Waals surface area contributed by atoms with Gasteiger partial charge < -0.3 is 14.6 Å². The molecule has 1 aromatic carbocycles. The molecule has 2 aromatic rings. The lowest BCUT2D eigenvalue weighted by Crippen LogP contribution is -2.20. The zero-order valence-electron chi connectivity index (χ0n) is 16.6. The second kappa shape index (κ2) is 9.24. The van der Waals surface area contributed by atoms with Gasteiger partial charge in [0.25, 0.3) is 5.69 Å². The van der Waals surface area contributed by atoms with Crippen LogP contribution in [0.4, 0.5) is 5.69 Å². The molecule has 0 spiro atoms. The van der Waals surface area contributed by atoms with Crippen molar-refractivity contribution in [2.24, 2.45) is 0 Å². The van der Waals surface area contributed by atoms with E-state index in [9.17, 15) is 19.7 Å². The average Bonchev–Trinajstić information content (AvgIpc) is 2.64. The van der Waals surface area contributed by atoms with Crippen LogP contribution in [0.3, 0.4) is 0 Å². The fourth-order valence-corrected chi connectivity index (χ4v) is 2.87. The van der Waals surface area contributed by atoms with E-state index in [4.69, 9.17) is 14.6 Å². The number of aryl methyl sites for hydroxylation is 2. The summed E-state index contributed by atoms with van der Waals surface area (Å²) in [7, 11) is 0. The molecule has 2 rings (SSSR count). The van der Waals surface area contributed by atoms with Crippen LogP contribution < -0.4 is 0 Å². The number of pyridine rings is 1. The molecule has 0 bridgehead atoms. The number of aliphatic hydroxyl groups excluding tert-OH is 1. The molecule has 0 amide bonds. The third-order valence-corrected chi connectivity index (χ3v) is 4.00. The molecule has 0 atom stereocenters. The molecule has 0 saturated carbocycles. The van der Waals surface area contributed by atoms with Gasteiger partial charge in [0, 0.05) is 17.7 Å². The maximum atomic E-state index is 12.8. The number of nitrogens with zero attached hydrogens (tertiary/aromatic N) is 2. The lowest BCUT2D eigenvalue weighted by atomic mass is 9.92. The van der Waals surface area contributed by atoms with Crippen LogP contribution >= 0.6 is 0 Å². The summed E-state index contributed by atoms with van der Waals surface area (Å²) in [6.07, 6.45) is -0.405. The molecule has 0 fully saturated rings. The minimum atomic E-state index is -0.768. The Kier molecular flexibility index (Phi) is 7.00. The van der Waals surface area contributed by atoms with Crippen LogP contribution in [0.15, 0.2) is 24.3 Å². The Bertz CT molecular complexity index is 937. The van der Waals surface area contributed by atoms with Crippen LogP contribution in [0.1, 0.15) is 46.0 Å². The summed E-state index contributed by atoms with van der Waals surface area (Å²) in [5.74, 6) is -1.44. The number of hydrogen-bond donors (Lipinski definition) is 1. The number of aromatic nitrogens is 1. The molecule has 1 aromatic heterocycles. The van der Waals surface area contributed by atoms with Gasteiger partial charge in [-0.05, 0) is 45.4 Å². The number of nitro groups is 1. The van der Waals surface area contributed by atoms with Crippen molar-refractivity contribution in [3.63, 3.8) is 0 Å². The van der Waals surface area contributed by atoms with E-state index in [2.05, 4.69) is 4.98 Å². The molecular formula is C20H22N2O7. The first-order chi connectivity index (χ1) is 13.7. The molecule has 1 heterocycles. The van der Waals surface area contributed by atoms with Crippen molar-refractivity contribution >= 4 is 17.6 Å². The zero-order chi connectivity index (χ0) is 21.7. The molecule has 29 heavy (non-hydrogen) atoms. The van der Waals surface area contributed by atoms with Gasteiger partial charge in [-0.3, -0.25) is 15.1 Å². The highest BCUT2D eigenvalue weighted by Crippen LogP contribution is 2.33. The van der Waals surface area contributed by atoms with Crippen molar-refractivity contribution in [1.82, 2.24) is 4.98 Å². The van der Waals surface area contributed by atoms with Gasteiger partial charge in [0.2, 0.25) is 0 Å². The Hall–Kier alpha value is -3.33. The third kappa shape index (κ3) is 4.94. The van der Waals surface area contributed by atoms with Gasteiger partial charge in [-0.25, -0.2) is 9.59 Å². The lowest BCUT2D eigenvalue weighted by molar-refractivity contribution is -0.384. The predicted octanol–water partition coefficient (Wildman–Crippen LogP) is 2.99. The number of rotatable bonds is 7. The van der Waals surface area contributed by atoms with Crippen LogP contribution in [0.25, 0.3) is 11.1 Å². The Morgan fingerprint density at radius 3 is 2.14 bits per heavy atom. The maximum absolute atomic E-state index is 12.8. The molecule has 1 N–H and O–H groups in total. The van der Waals surface area contributed by atoms with Gasteiger partial charge in [0.05, 0.1) is 40.1 Å². The van der Waals surface area contributed by atoms with Crippen LogP contribution in [0.5, 0.6) is 0 Å². The lowest BCUT2D eigenvalue weighted by Gasteiger charge is -2.18. The maximum Gasteiger partial charge on any atom is 0.340 e. The van der Waals surface area contributed by atoms with Crippen molar-refractivity contribution < 1.29 is 29.1 Å². The van der Waals surface area contributed by atoms with E-state index in [0.717, 1.165) is 0 Å². The summed E-state index contributed by atoms with van der Waals surface area (Å²) in [5, 5.41) is 19.9. The zero-order valence-corrected chi connectivity index (χ0v) is 16.6. The Balaban J connectivity index is 2.77. The highest BCUT2D eigenvalue weighted by molar-refractivity contribution is 6.07. The number of aliphatic hydroxyl groups is 1. The van der Waals surface area contributed by atoms with Gasteiger partial charge >= 0.3 is 11.9 Å². The van der Waals surface area contributed by atoms with Crippen molar-refractivity contribution in [2.45, 2.75) is 33.8 Å². The fourth-order valence-electron chi connectivity index (χ4n) is 2.87. The van der Waals surface area contributed by atoms with E-state index < -0.39 is 23.0 Å². The molecule has 0 aliphatic heterocycles. The number of carbonyl (C=O) groups is 2. The van der Waals surface area contributed by atoms with Gasteiger partial charge in [-0.15, -0.1) is 0 Å². The number of benzene rings is 1. The second-order valence-electron chi connectivity index (χ2n) is 6.53. The highest BCUT2D eigenvalue weighted by Gasteiger charge is 2.28. The topological polar surface area (TPSA) is 129 Å². The monoisotopic (exact) mass is 402 g/mol. The fraction of sp³-hybridized carbons (Fsp3) is 0.350. The van der Waals surface area contributed by atoms with Gasteiger partial charge in [-0.1, -0.05) is 0 Å². The number of esters is 2. The van der Waals surface area contributed by atoms with E-state index in [-0.39, 0.29) is 35.6 Å². The Labute approximate surface area is 167 Å². The van der Waals surface area contributed by atoms with Crippen molar-refractivity contribution in [3.8, 4) is 11.1 Å². The highest BCUT2D eigenvalue weighted by atomic mass is 16.6. The molecule has 0 aliphatic carbocycles. The van der Waals surface area contributed by atoms with Crippen LogP contribution in [0.2, 0.25) is 0 Å². The van der Waals surface area contributed by atoms with Gasteiger partial charge in [-0.2, -0.15) is 0 Å². The van der Waals surface area contributed by atoms with E-state index in [0.29, 0.717) is 17.0 Å². The quantitative estimate of drug-likeness (QED) is 0.425. The molecule has 0 aliphatic rings. The number of nitro benzene ring substituents is 1. The molecule has 0 saturated heterocycles. The summed E-state index contributed by atoms with van der Waals surface area (Å²) in [6, 6.07) is 5.45. The van der Waals surface area contributed by atoms with E-state index >= 15 is 0 Å². The van der Waals surface area contributed by atoms with Crippen molar-refractivity contribution in [3.05, 3.63) is 56.9 Å². The molecule has 9 nitrogen and oxygen atoms in total. The number of carbonyl (C=O) groups excluding carboxylic acids is 2. The van der Waals surface area contributed by atoms with Gasteiger partial charge in [0.1, 0.15) is 6.61 Å². The largest absolute Gasteiger partial charge is 0.460 e. The smallest absolute Gasteiger partial charge is 0.340 e. The first kappa shape index (κ1) is 22.0. The normalized spacial score (nSPS) is 10.7. The van der Waals surface area contributed by atoms with E-state index in [1.807, 2.05) is 0 Å². The van der Waals surface area contributed by atoms with Crippen LogP contribution in [-0.2, 0) is 9.47 Å². The van der Waals surface area contributed by atoms with E-state index in [1.165, 1.54) is 24.3 Å². The van der Waals surface area contributed by atoms with Crippen molar-refractivity contribution in [2.75, 3.05) is 13.2 Å². The Morgan fingerprint density at radius 2 is 1.66 bits per heavy atom. The third-order valence-electron chi connectivity index (χ3n) is 4.00. The standard InChI is InChI=1S/C20H22N2O7/c1-11(2)29-20(25)17-13(4)21-12(3)16(19(24)28-10-9-23)18(17)14-5-7-15(8-6-14)22(26)27/h5-8,11,23H,9-10H2,1-4H3. The molecule has 0 unspecified atom stereocenters. The summed E-state index contributed by atoms with van der Waals surface area (Å²) < 4.78 is 10.4. The molecule has 154 valence electrons. The van der Waals surface area contributed by atoms with Crippen LogP contribution in [0, 0.1) is 24.0 Å². The van der Waals surface area contributed by atoms with Crippen LogP contribution in [-0.4, -0.2) is 46.3 Å². The van der Waals surface area contributed by atoms with Gasteiger partial charge in [0.15, 0.2) is 0 Å².